The zero-order valence-electron chi connectivity index (χ0n) is 27.4. The number of urea groups is 1. The average Bonchev–Trinajstić information content (AvgIpc) is 3.05. The molecule has 2 aliphatic heterocycles. The van der Waals surface area contributed by atoms with E-state index in [1.807, 2.05) is 38.7 Å². The number of nitrogens with two attached hydrogens (primary N) is 1. The molecule has 0 radical (unpaired) electrons. The minimum atomic E-state index is -0.877. The van der Waals surface area contributed by atoms with Crippen molar-refractivity contribution < 1.29 is 18.4 Å². The molecule has 2 aliphatic rings. The Kier molecular flexibility index (Phi) is 8.71. The summed E-state index contributed by atoms with van der Waals surface area (Å²) in [5, 5.41) is 0.224. The topological polar surface area (TPSA) is 131 Å². The number of primary amides is 1. The van der Waals surface area contributed by atoms with Crippen LogP contribution in [0, 0.1) is 11.6 Å². The molecule has 0 spiro atoms. The molecule has 250 valence electrons. The number of rotatable bonds is 3. The van der Waals surface area contributed by atoms with Crippen LogP contribution in [-0.2, 0) is 11.2 Å². The number of hydrogen-bond acceptors (Lipinski definition) is 7. The van der Waals surface area contributed by atoms with Gasteiger partial charge >= 0.3 is 11.7 Å². The summed E-state index contributed by atoms with van der Waals surface area (Å²) in [6, 6.07) is 5.73. The molecule has 0 unspecified atom stereocenters. The van der Waals surface area contributed by atoms with Gasteiger partial charge in [-0.05, 0) is 74.9 Å². The van der Waals surface area contributed by atoms with Gasteiger partial charge in [0.25, 0.3) is 0 Å². The molecular formula is C35H38F2N8O3. The van der Waals surface area contributed by atoms with Crippen LogP contribution in [0.15, 0.2) is 54.0 Å². The summed E-state index contributed by atoms with van der Waals surface area (Å²) >= 11 is 0. The molecule has 48 heavy (non-hydrogen) atoms. The van der Waals surface area contributed by atoms with Crippen LogP contribution < -0.4 is 21.2 Å². The number of pyridine rings is 2. The zero-order chi connectivity index (χ0) is 34.4. The molecule has 2 N–H and O–H groups in total. The lowest BCUT2D eigenvalue weighted by Gasteiger charge is -2.44. The molecule has 1 aromatic carbocycles. The maximum Gasteiger partial charge on any atom is 0.355 e. The number of nitrogens with zero attached hydrogens (tertiary/aromatic N) is 7. The summed E-state index contributed by atoms with van der Waals surface area (Å²) in [5.74, 6) is -1.82. The quantitative estimate of drug-likeness (QED) is 0.305. The number of anilines is 2. The molecular weight excluding hydrogens is 618 g/mol. The molecule has 5 heterocycles. The second-order valence-electron chi connectivity index (χ2n) is 12.7. The molecule has 3 amide bonds. The van der Waals surface area contributed by atoms with Crippen LogP contribution >= 0.6 is 0 Å². The fourth-order valence-electron chi connectivity index (χ4n) is 6.85. The Morgan fingerprint density at radius 1 is 1.06 bits per heavy atom. The second kappa shape index (κ2) is 12.8. The molecule has 0 aliphatic carbocycles. The Balaban J connectivity index is 1.71. The standard InChI is InChI=1S/C35H38F2N8O3/c1-6-27(46)43-17-21(5)44(18-20(43)4)32-23-16-25(37)30-28-24(36)11-9-12-26(28)42(34(38)47)15-8-7-10-22-13-14-39-29(19(2)3)31(22)45(33(23)40-30)35(48)41-32/h6,9,11-14,16,19-21H,1,7-8,10,15,17-18H2,2-5H3,(H2,38,47)/t20-,21+/m1/s1. The number of benzene rings is 1. The van der Waals surface area contributed by atoms with E-state index in [9.17, 15) is 14.4 Å². The van der Waals surface area contributed by atoms with Gasteiger partial charge in [0.1, 0.15) is 17.3 Å². The fraction of sp³-hybridized carbons (Fsp3) is 0.371. The molecule has 13 heteroatoms. The molecule has 4 aromatic rings. The maximum absolute atomic E-state index is 16.5. The predicted molar refractivity (Wildman–Crippen MR) is 180 cm³/mol. The van der Waals surface area contributed by atoms with Crippen molar-refractivity contribution in [2.24, 2.45) is 5.73 Å². The van der Waals surface area contributed by atoms with E-state index in [-0.39, 0.29) is 64.2 Å². The fourth-order valence-corrected chi connectivity index (χ4v) is 6.85. The number of carbonyl (C=O) groups excluding carboxylic acids is 2. The van der Waals surface area contributed by atoms with Gasteiger partial charge in [-0.15, -0.1) is 0 Å². The number of hydrogen-bond donors (Lipinski definition) is 1. The molecule has 3 aromatic heterocycles. The van der Waals surface area contributed by atoms with Crippen LogP contribution in [0.1, 0.15) is 57.7 Å². The summed E-state index contributed by atoms with van der Waals surface area (Å²) in [6.07, 6.45) is 4.54. The third kappa shape index (κ3) is 5.56. The van der Waals surface area contributed by atoms with Crippen LogP contribution in [0.4, 0.5) is 25.1 Å². The lowest BCUT2D eigenvalue weighted by atomic mass is 10.00. The molecule has 1 saturated heterocycles. The first-order chi connectivity index (χ1) is 22.9. The van der Waals surface area contributed by atoms with Crippen molar-refractivity contribution in [2.75, 3.05) is 29.4 Å². The second-order valence-corrected chi connectivity index (χ2v) is 12.7. The summed E-state index contributed by atoms with van der Waals surface area (Å²) in [6.45, 7) is 12.1. The number of aromatic nitrogens is 4. The summed E-state index contributed by atoms with van der Waals surface area (Å²) in [4.78, 5) is 58.4. The number of piperazine rings is 1. The van der Waals surface area contributed by atoms with Crippen molar-refractivity contribution in [1.82, 2.24) is 24.4 Å². The highest BCUT2D eigenvalue weighted by molar-refractivity contribution is 5.97. The van der Waals surface area contributed by atoms with E-state index in [4.69, 9.17) is 10.7 Å². The minimum absolute atomic E-state index is 0.0566. The van der Waals surface area contributed by atoms with E-state index in [0.717, 1.165) is 11.6 Å². The van der Waals surface area contributed by atoms with E-state index in [0.29, 0.717) is 43.7 Å². The molecule has 0 saturated carbocycles. The van der Waals surface area contributed by atoms with Gasteiger partial charge in [-0.25, -0.2) is 27.9 Å². The van der Waals surface area contributed by atoms with Gasteiger partial charge in [0, 0.05) is 37.9 Å². The van der Waals surface area contributed by atoms with Crippen molar-refractivity contribution in [3.05, 3.63) is 82.6 Å². The van der Waals surface area contributed by atoms with Crippen molar-refractivity contribution in [3.63, 3.8) is 0 Å². The molecule has 1 fully saturated rings. The van der Waals surface area contributed by atoms with E-state index >= 15 is 8.78 Å². The predicted octanol–water partition coefficient (Wildman–Crippen LogP) is 5.08. The summed E-state index contributed by atoms with van der Waals surface area (Å²) < 4.78 is 33.7. The van der Waals surface area contributed by atoms with Crippen molar-refractivity contribution >= 4 is 34.5 Å². The van der Waals surface area contributed by atoms with E-state index < -0.39 is 23.4 Å². The monoisotopic (exact) mass is 656 g/mol. The number of fused-ring (bicyclic) bond motifs is 5. The SMILES string of the molecule is C=CC(=O)N1C[C@H](C)N(c2nc(=O)n3c4nc(c(F)cc24)-c2c(F)cccc2N(C(N)=O)CCCCc2ccnc(C(C)C)c2-3)C[C@H]1C. The largest absolute Gasteiger partial charge is 0.355 e. The van der Waals surface area contributed by atoms with E-state index in [1.54, 1.807) is 11.1 Å². The Morgan fingerprint density at radius 3 is 2.54 bits per heavy atom. The number of aryl methyl sites for hydroxylation is 1. The van der Waals surface area contributed by atoms with Gasteiger partial charge in [0.15, 0.2) is 11.5 Å². The van der Waals surface area contributed by atoms with E-state index in [1.165, 1.54) is 33.7 Å². The highest BCUT2D eigenvalue weighted by Gasteiger charge is 2.35. The minimum Gasteiger partial charge on any atom is -0.351 e. The Morgan fingerprint density at radius 2 is 1.83 bits per heavy atom. The van der Waals surface area contributed by atoms with Gasteiger partial charge in [-0.1, -0.05) is 26.5 Å². The number of carbonyl (C=O) groups is 2. The normalized spacial score (nSPS) is 18.2. The molecule has 2 bridgehead atoms. The average molecular weight is 657 g/mol. The first-order valence-corrected chi connectivity index (χ1v) is 16.1. The first kappa shape index (κ1) is 32.7. The third-order valence-electron chi connectivity index (χ3n) is 9.19. The lowest BCUT2D eigenvalue weighted by molar-refractivity contribution is -0.128. The van der Waals surface area contributed by atoms with E-state index in [2.05, 4.69) is 16.5 Å². The highest BCUT2D eigenvalue weighted by Crippen LogP contribution is 2.38. The zero-order valence-corrected chi connectivity index (χ0v) is 27.4. The lowest BCUT2D eigenvalue weighted by Crippen LogP contribution is -2.58. The Hall–Kier alpha value is -5.20. The maximum atomic E-state index is 16.5. The van der Waals surface area contributed by atoms with Gasteiger partial charge < -0.3 is 15.5 Å². The highest BCUT2D eigenvalue weighted by atomic mass is 19.1. The van der Waals surface area contributed by atoms with Gasteiger partial charge in [-0.3, -0.25) is 14.7 Å². The van der Waals surface area contributed by atoms with Gasteiger partial charge in [-0.2, -0.15) is 4.98 Å². The number of amides is 3. The molecule has 2 atom stereocenters. The Labute approximate surface area is 276 Å². The van der Waals surface area contributed by atoms with Gasteiger partial charge in [0.05, 0.1) is 28.0 Å². The van der Waals surface area contributed by atoms with Crippen molar-refractivity contribution in [1.29, 1.82) is 0 Å². The van der Waals surface area contributed by atoms with Crippen LogP contribution in [0.2, 0.25) is 0 Å². The molecule has 6 rings (SSSR count). The number of halogens is 2. The Bertz CT molecular complexity index is 2010. The van der Waals surface area contributed by atoms with Crippen molar-refractivity contribution in [2.45, 2.75) is 65.0 Å². The first-order valence-electron chi connectivity index (χ1n) is 16.1. The summed E-state index contributed by atoms with van der Waals surface area (Å²) in [5.41, 5.74) is 6.54. The van der Waals surface area contributed by atoms with Crippen LogP contribution in [0.3, 0.4) is 0 Å². The molecule has 11 nitrogen and oxygen atoms in total. The summed E-state index contributed by atoms with van der Waals surface area (Å²) in [7, 11) is 0. The van der Waals surface area contributed by atoms with Crippen LogP contribution in [-0.4, -0.2) is 68.1 Å². The van der Waals surface area contributed by atoms with Crippen molar-refractivity contribution in [3.8, 4) is 16.9 Å². The van der Waals surface area contributed by atoms with Gasteiger partial charge in [0.2, 0.25) is 5.91 Å². The third-order valence-corrected chi connectivity index (χ3v) is 9.19. The van der Waals surface area contributed by atoms with Crippen LogP contribution in [0.25, 0.3) is 28.0 Å². The van der Waals surface area contributed by atoms with Crippen LogP contribution in [0.5, 0.6) is 0 Å². The smallest absolute Gasteiger partial charge is 0.351 e.